The Kier molecular flexibility index (Phi) is 6.34. The van der Waals surface area contributed by atoms with Gasteiger partial charge in [-0.3, -0.25) is 4.79 Å². The van der Waals surface area contributed by atoms with E-state index < -0.39 is 0 Å². The first kappa shape index (κ1) is 21.1. The highest BCUT2D eigenvalue weighted by molar-refractivity contribution is 6.30. The lowest BCUT2D eigenvalue weighted by atomic mass is 10.2. The van der Waals surface area contributed by atoms with Crippen LogP contribution in [0.5, 0.6) is 5.75 Å². The van der Waals surface area contributed by atoms with E-state index in [0.29, 0.717) is 22.8 Å². The molecular weight excluding hydrogens is 419 g/mol. The number of nitrogens with one attached hydrogen (secondary N) is 2. The number of pyridine rings is 1. The van der Waals surface area contributed by atoms with Gasteiger partial charge < -0.3 is 20.6 Å². The maximum atomic E-state index is 13.0. The van der Waals surface area contributed by atoms with E-state index in [0.717, 1.165) is 30.9 Å². The molecule has 1 aromatic heterocycles. The maximum absolute atomic E-state index is 13.0. The monoisotopic (exact) mass is 440 g/mol. The predicted molar refractivity (Wildman–Crippen MR) is 119 cm³/mol. The Balaban J connectivity index is 1.31. The lowest BCUT2D eigenvalue weighted by Crippen LogP contribution is -2.32. The summed E-state index contributed by atoms with van der Waals surface area (Å²) >= 11 is 6.00. The number of benzene rings is 2. The predicted octanol–water partition coefficient (Wildman–Crippen LogP) is 4.20. The molecule has 1 aliphatic heterocycles. The summed E-state index contributed by atoms with van der Waals surface area (Å²) in [6.45, 7) is 2.14. The molecule has 160 valence electrons. The third-order valence-electron chi connectivity index (χ3n) is 5.25. The van der Waals surface area contributed by atoms with Gasteiger partial charge in [0.15, 0.2) is 0 Å². The topological polar surface area (TPSA) is 77.5 Å². The van der Waals surface area contributed by atoms with Crippen LogP contribution in [0.15, 0.2) is 60.8 Å². The lowest BCUT2D eigenvalue weighted by Gasteiger charge is -2.18. The summed E-state index contributed by atoms with van der Waals surface area (Å²) in [6.07, 6.45) is 2.48. The highest BCUT2D eigenvalue weighted by atomic mass is 35.5. The Morgan fingerprint density at radius 1 is 1.19 bits per heavy atom. The molecule has 6 nitrogen and oxygen atoms in total. The summed E-state index contributed by atoms with van der Waals surface area (Å²) in [5.41, 5.74) is 1.72. The standard InChI is InChI=1S/C23H22ClFN4O2/c24-17-2-7-21(30)16(11-17)13-26-20-9-10-29(14-20)22-8-1-15(12-27-22)23(31)28-19-5-3-18(25)4-6-19/h1-8,11-12,20,26,30H,9-10,13-14H2,(H,28,31). The van der Waals surface area contributed by atoms with Crippen LogP contribution < -0.4 is 15.5 Å². The first-order valence-electron chi connectivity index (χ1n) is 9.96. The number of carbonyl (C=O) groups excluding carboxylic acids is 1. The van der Waals surface area contributed by atoms with Gasteiger partial charge in [0, 0.05) is 48.1 Å². The number of aromatic hydroxyl groups is 1. The molecule has 0 radical (unpaired) electrons. The van der Waals surface area contributed by atoms with Crippen molar-refractivity contribution in [3.8, 4) is 5.75 Å². The van der Waals surface area contributed by atoms with Crippen molar-refractivity contribution in [1.29, 1.82) is 0 Å². The van der Waals surface area contributed by atoms with Gasteiger partial charge in [-0.1, -0.05) is 11.6 Å². The number of nitrogens with zero attached hydrogens (tertiary/aromatic N) is 2. The third-order valence-corrected chi connectivity index (χ3v) is 5.48. The second-order valence-electron chi connectivity index (χ2n) is 7.45. The van der Waals surface area contributed by atoms with E-state index in [2.05, 4.69) is 20.5 Å². The minimum atomic E-state index is -0.355. The molecule has 1 amide bonds. The molecule has 2 aromatic carbocycles. The highest BCUT2D eigenvalue weighted by Gasteiger charge is 2.23. The van der Waals surface area contributed by atoms with E-state index in [1.807, 2.05) is 6.07 Å². The van der Waals surface area contributed by atoms with E-state index in [4.69, 9.17) is 11.6 Å². The Hall–Kier alpha value is -3.16. The van der Waals surface area contributed by atoms with Crippen LogP contribution in [0.3, 0.4) is 0 Å². The average Bonchev–Trinajstić information content (AvgIpc) is 3.25. The van der Waals surface area contributed by atoms with Crippen molar-refractivity contribution in [2.24, 2.45) is 0 Å². The van der Waals surface area contributed by atoms with Crippen LogP contribution in [0.4, 0.5) is 15.9 Å². The van der Waals surface area contributed by atoms with Crippen LogP contribution in [-0.2, 0) is 6.54 Å². The van der Waals surface area contributed by atoms with Gasteiger partial charge in [-0.15, -0.1) is 0 Å². The molecule has 0 spiro atoms. The SMILES string of the molecule is O=C(Nc1ccc(F)cc1)c1ccc(N2CCC(NCc3cc(Cl)ccc3O)C2)nc1. The molecular formula is C23H22ClFN4O2. The number of anilines is 2. The van der Waals surface area contributed by atoms with Crippen molar-refractivity contribution in [1.82, 2.24) is 10.3 Å². The zero-order valence-electron chi connectivity index (χ0n) is 16.7. The molecule has 3 N–H and O–H groups in total. The van der Waals surface area contributed by atoms with Gasteiger partial charge in [0.25, 0.3) is 5.91 Å². The number of halogens is 2. The summed E-state index contributed by atoms with van der Waals surface area (Å²) in [5, 5.41) is 16.7. The number of hydrogen-bond donors (Lipinski definition) is 3. The number of phenols is 1. The second kappa shape index (κ2) is 9.32. The van der Waals surface area contributed by atoms with E-state index in [1.54, 1.807) is 30.5 Å². The van der Waals surface area contributed by atoms with Crippen LogP contribution >= 0.6 is 11.6 Å². The molecule has 0 bridgehead atoms. The maximum Gasteiger partial charge on any atom is 0.257 e. The molecule has 3 aromatic rings. The van der Waals surface area contributed by atoms with Crippen LogP contribution in [0.2, 0.25) is 5.02 Å². The fourth-order valence-corrected chi connectivity index (χ4v) is 3.72. The number of aromatic nitrogens is 1. The van der Waals surface area contributed by atoms with Gasteiger partial charge in [0.2, 0.25) is 0 Å². The van der Waals surface area contributed by atoms with Gasteiger partial charge in [0.05, 0.1) is 5.56 Å². The Morgan fingerprint density at radius 2 is 2.00 bits per heavy atom. The van der Waals surface area contributed by atoms with Crippen LogP contribution in [0, 0.1) is 5.82 Å². The van der Waals surface area contributed by atoms with Crippen molar-refractivity contribution in [2.75, 3.05) is 23.3 Å². The fourth-order valence-electron chi connectivity index (χ4n) is 3.53. The van der Waals surface area contributed by atoms with E-state index in [9.17, 15) is 14.3 Å². The van der Waals surface area contributed by atoms with E-state index >= 15 is 0 Å². The highest BCUT2D eigenvalue weighted by Crippen LogP contribution is 2.23. The first-order valence-corrected chi connectivity index (χ1v) is 10.3. The van der Waals surface area contributed by atoms with E-state index in [-0.39, 0.29) is 23.5 Å². The molecule has 31 heavy (non-hydrogen) atoms. The molecule has 2 heterocycles. The van der Waals surface area contributed by atoms with Crippen molar-refractivity contribution < 1.29 is 14.3 Å². The number of phenolic OH excluding ortho intramolecular Hbond substituents is 1. The molecule has 0 saturated carbocycles. The first-order chi connectivity index (χ1) is 15.0. The molecule has 1 unspecified atom stereocenters. The smallest absolute Gasteiger partial charge is 0.257 e. The molecule has 1 atom stereocenters. The summed E-state index contributed by atoms with van der Waals surface area (Å²) in [5.74, 6) is 0.371. The molecule has 0 aliphatic carbocycles. The molecule has 8 heteroatoms. The van der Waals surface area contributed by atoms with E-state index in [1.165, 1.54) is 24.3 Å². The zero-order valence-corrected chi connectivity index (χ0v) is 17.4. The van der Waals surface area contributed by atoms with Gasteiger partial charge in [-0.2, -0.15) is 0 Å². The Bertz CT molecular complexity index is 1060. The molecule has 1 saturated heterocycles. The fraction of sp³-hybridized carbons (Fsp3) is 0.217. The summed E-state index contributed by atoms with van der Waals surface area (Å²) in [6, 6.07) is 14.4. The Labute approximate surface area is 184 Å². The summed E-state index contributed by atoms with van der Waals surface area (Å²) in [7, 11) is 0. The summed E-state index contributed by atoms with van der Waals surface area (Å²) < 4.78 is 13.0. The average molecular weight is 441 g/mol. The van der Waals surface area contributed by atoms with Crippen LogP contribution in [-0.4, -0.2) is 35.1 Å². The molecule has 1 aliphatic rings. The van der Waals surface area contributed by atoms with Crippen molar-refractivity contribution >= 4 is 29.0 Å². The van der Waals surface area contributed by atoms with Crippen LogP contribution in [0.1, 0.15) is 22.3 Å². The zero-order chi connectivity index (χ0) is 21.8. The normalized spacial score (nSPS) is 15.8. The largest absolute Gasteiger partial charge is 0.508 e. The van der Waals surface area contributed by atoms with Gasteiger partial charge >= 0.3 is 0 Å². The lowest BCUT2D eigenvalue weighted by molar-refractivity contribution is 0.102. The number of amides is 1. The van der Waals surface area contributed by atoms with Crippen molar-refractivity contribution in [3.05, 3.63) is 82.8 Å². The van der Waals surface area contributed by atoms with Crippen LogP contribution in [0.25, 0.3) is 0 Å². The van der Waals surface area contributed by atoms with Gasteiger partial charge in [0.1, 0.15) is 17.4 Å². The number of rotatable bonds is 6. The number of carbonyl (C=O) groups is 1. The summed E-state index contributed by atoms with van der Waals surface area (Å²) in [4.78, 5) is 18.9. The van der Waals surface area contributed by atoms with Crippen molar-refractivity contribution in [2.45, 2.75) is 19.0 Å². The number of hydrogen-bond acceptors (Lipinski definition) is 5. The minimum absolute atomic E-state index is 0.225. The van der Waals surface area contributed by atoms with Crippen molar-refractivity contribution in [3.63, 3.8) is 0 Å². The quantitative estimate of drug-likeness (QED) is 0.535. The molecule has 1 fully saturated rings. The minimum Gasteiger partial charge on any atom is -0.508 e. The second-order valence-corrected chi connectivity index (χ2v) is 7.89. The van der Waals surface area contributed by atoms with Gasteiger partial charge in [-0.25, -0.2) is 9.37 Å². The molecule has 4 rings (SSSR count). The van der Waals surface area contributed by atoms with Gasteiger partial charge in [-0.05, 0) is 61.0 Å². The third kappa shape index (κ3) is 5.31. The Morgan fingerprint density at radius 3 is 2.74 bits per heavy atom.